The monoisotopic (exact) mass is 410 g/mol. The minimum Gasteiger partial charge on any atom is -0.357 e. The van der Waals surface area contributed by atoms with E-state index in [1.54, 1.807) is 0 Å². The summed E-state index contributed by atoms with van der Waals surface area (Å²) in [6, 6.07) is 15.4. The second kappa shape index (κ2) is 7.84. The van der Waals surface area contributed by atoms with Crippen molar-refractivity contribution in [2.45, 2.75) is 46.5 Å². The highest BCUT2D eigenvalue weighted by Gasteiger charge is 2.18. The van der Waals surface area contributed by atoms with Crippen LogP contribution in [0.4, 0.5) is 5.82 Å². The standard InChI is InChI=1S/C27H30N4/c1-17(2)26-23-15-20(21-8-10-25(28-16-21)31-11-5-6-12-31)7-9-24(23)30-27(26)22-13-18(3)29-19(4)14-22/h7-10,13-17,30H,5-6,11-12H2,1-4H3. The molecule has 1 saturated heterocycles. The van der Waals surface area contributed by atoms with Gasteiger partial charge in [-0.1, -0.05) is 19.9 Å². The Morgan fingerprint density at radius 2 is 1.58 bits per heavy atom. The number of hydrogen-bond acceptors (Lipinski definition) is 3. The van der Waals surface area contributed by atoms with Gasteiger partial charge in [0.05, 0.1) is 5.69 Å². The van der Waals surface area contributed by atoms with Gasteiger partial charge in [-0.15, -0.1) is 0 Å². The maximum absolute atomic E-state index is 4.76. The molecule has 0 radical (unpaired) electrons. The highest BCUT2D eigenvalue weighted by Crippen LogP contribution is 2.37. The van der Waals surface area contributed by atoms with Gasteiger partial charge in [0.15, 0.2) is 0 Å². The van der Waals surface area contributed by atoms with Gasteiger partial charge in [0.2, 0.25) is 0 Å². The van der Waals surface area contributed by atoms with Crippen LogP contribution in [-0.2, 0) is 0 Å². The fourth-order valence-corrected chi connectivity index (χ4v) is 4.89. The summed E-state index contributed by atoms with van der Waals surface area (Å²) < 4.78 is 0. The average molecular weight is 411 g/mol. The number of aryl methyl sites for hydroxylation is 2. The van der Waals surface area contributed by atoms with Crippen molar-refractivity contribution in [1.82, 2.24) is 15.0 Å². The third kappa shape index (κ3) is 3.71. The first-order chi connectivity index (χ1) is 15.0. The van der Waals surface area contributed by atoms with E-state index in [1.807, 2.05) is 6.20 Å². The number of nitrogens with one attached hydrogen (secondary N) is 1. The van der Waals surface area contributed by atoms with Gasteiger partial charge in [0.1, 0.15) is 5.82 Å². The number of anilines is 1. The number of nitrogens with zero attached hydrogens (tertiary/aromatic N) is 3. The number of benzene rings is 1. The lowest BCUT2D eigenvalue weighted by atomic mass is 9.94. The van der Waals surface area contributed by atoms with Crippen LogP contribution < -0.4 is 4.90 Å². The number of rotatable bonds is 4. The summed E-state index contributed by atoms with van der Waals surface area (Å²) in [6.45, 7) is 10.9. The largest absolute Gasteiger partial charge is 0.357 e. The van der Waals surface area contributed by atoms with Crippen molar-refractivity contribution in [2.75, 3.05) is 18.0 Å². The van der Waals surface area contributed by atoms with Crippen LogP contribution >= 0.6 is 0 Å². The molecule has 0 bridgehead atoms. The van der Waals surface area contributed by atoms with Gasteiger partial charge in [0, 0.05) is 52.7 Å². The van der Waals surface area contributed by atoms with Crippen molar-refractivity contribution in [2.24, 2.45) is 0 Å². The number of H-pyrrole nitrogens is 1. The van der Waals surface area contributed by atoms with Crippen LogP contribution in [0.1, 0.15) is 49.6 Å². The Bertz CT molecular complexity index is 1210. The number of hydrogen-bond donors (Lipinski definition) is 1. The average Bonchev–Trinajstić information content (AvgIpc) is 3.41. The normalized spacial score (nSPS) is 14.2. The van der Waals surface area contributed by atoms with Crippen molar-refractivity contribution < 1.29 is 0 Å². The van der Waals surface area contributed by atoms with E-state index < -0.39 is 0 Å². The predicted molar refractivity (Wildman–Crippen MR) is 130 cm³/mol. The van der Waals surface area contributed by atoms with E-state index in [2.05, 4.69) is 85.0 Å². The second-order valence-corrected chi connectivity index (χ2v) is 9.07. The summed E-state index contributed by atoms with van der Waals surface area (Å²) in [5.74, 6) is 1.50. The van der Waals surface area contributed by atoms with Gasteiger partial charge in [-0.05, 0) is 80.1 Å². The first-order valence-electron chi connectivity index (χ1n) is 11.3. The molecule has 1 aromatic carbocycles. The fraction of sp³-hybridized carbons (Fsp3) is 0.333. The van der Waals surface area contributed by atoms with Crippen molar-refractivity contribution >= 4 is 16.7 Å². The van der Waals surface area contributed by atoms with Crippen LogP contribution in [-0.4, -0.2) is 28.0 Å². The van der Waals surface area contributed by atoms with E-state index in [4.69, 9.17) is 4.98 Å². The Labute approximate surface area is 184 Å². The quantitative estimate of drug-likeness (QED) is 0.410. The third-order valence-electron chi connectivity index (χ3n) is 6.30. The van der Waals surface area contributed by atoms with Crippen molar-refractivity contribution in [3.63, 3.8) is 0 Å². The molecule has 1 N–H and O–H groups in total. The van der Waals surface area contributed by atoms with E-state index in [9.17, 15) is 0 Å². The topological polar surface area (TPSA) is 44.8 Å². The molecule has 1 fully saturated rings. The Morgan fingerprint density at radius 3 is 2.23 bits per heavy atom. The highest BCUT2D eigenvalue weighted by molar-refractivity contribution is 5.94. The lowest BCUT2D eigenvalue weighted by Gasteiger charge is -2.16. The molecule has 31 heavy (non-hydrogen) atoms. The zero-order valence-electron chi connectivity index (χ0n) is 18.9. The van der Waals surface area contributed by atoms with E-state index in [-0.39, 0.29) is 0 Å². The van der Waals surface area contributed by atoms with Gasteiger partial charge in [-0.3, -0.25) is 4.98 Å². The number of fused-ring (bicyclic) bond motifs is 1. The summed E-state index contributed by atoms with van der Waals surface area (Å²) in [4.78, 5) is 15.4. The summed E-state index contributed by atoms with van der Waals surface area (Å²) in [5.41, 5.74) is 9.43. The molecule has 1 aliphatic heterocycles. The van der Waals surface area contributed by atoms with Crippen LogP contribution in [0.15, 0.2) is 48.7 Å². The van der Waals surface area contributed by atoms with Gasteiger partial charge in [0.25, 0.3) is 0 Å². The molecule has 0 spiro atoms. The van der Waals surface area contributed by atoms with Crippen LogP contribution in [0, 0.1) is 13.8 Å². The van der Waals surface area contributed by atoms with Crippen molar-refractivity contribution in [3.8, 4) is 22.4 Å². The molecule has 1 aliphatic rings. The van der Waals surface area contributed by atoms with Crippen LogP contribution in [0.3, 0.4) is 0 Å². The predicted octanol–water partition coefficient (Wildman–Crippen LogP) is 6.63. The maximum Gasteiger partial charge on any atom is 0.128 e. The Morgan fingerprint density at radius 1 is 0.871 bits per heavy atom. The maximum atomic E-state index is 4.76. The number of pyridine rings is 2. The molecule has 0 saturated carbocycles. The minimum atomic E-state index is 0.406. The van der Waals surface area contributed by atoms with Gasteiger partial charge in [-0.25, -0.2) is 4.98 Å². The molecule has 0 atom stereocenters. The minimum absolute atomic E-state index is 0.406. The van der Waals surface area contributed by atoms with Gasteiger partial charge >= 0.3 is 0 Å². The zero-order valence-corrected chi connectivity index (χ0v) is 18.9. The molecule has 158 valence electrons. The Balaban J connectivity index is 1.58. The molecule has 4 nitrogen and oxygen atoms in total. The molecular weight excluding hydrogens is 380 g/mol. The van der Waals surface area contributed by atoms with Gasteiger partial charge < -0.3 is 9.88 Å². The SMILES string of the molecule is Cc1cc(-c2[nH]c3ccc(-c4ccc(N5CCCC5)nc4)cc3c2C(C)C)cc(C)n1. The molecule has 0 amide bonds. The molecule has 4 heterocycles. The fourth-order valence-electron chi connectivity index (χ4n) is 4.89. The van der Waals surface area contributed by atoms with Gasteiger partial charge in [-0.2, -0.15) is 0 Å². The summed E-state index contributed by atoms with van der Waals surface area (Å²) in [7, 11) is 0. The summed E-state index contributed by atoms with van der Waals surface area (Å²) >= 11 is 0. The lowest BCUT2D eigenvalue weighted by Crippen LogP contribution is -2.18. The molecule has 5 rings (SSSR count). The molecule has 4 heteroatoms. The second-order valence-electron chi connectivity index (χ2n) is 9.07. The Hall–Kier alpha value is -3.14. The summed E-state index contributed by atoms with van der Waals surface area (Å²) in [5, 5.41) is 1.29. The smallest absolute Gasteiger partial charge is 0.128 e. The number of aromatic nitrogens is 3. The van der Waals surface area contributed by atoms with Crippen LogP contribution in [0.5, 0.6) is 0 Å². The summed E-state index contributed by atoms with van der Waals surface area (Å²) in [6.07, 6.45) is 4.56. The van der Waals surface area contributed by atoms with E-state index in [0.29, 0.717) is 5.92 Å². The molecule has 0 aliphatic carbocycles. The molecule has 3 aromatic heterocycles. The number of aromatic amines is 1. The lowest BCUT2D eigenvalue weighted by molar-refractivity contribution is 0.878. The van der Waals surface area contributed by atoms with Crippen LogP contribution in [0.25, 0.3) is 33.3 Å². The van der Waals surface area contributed by atoms with E-state index in [1.165, 1.54) is 46.1 Å². The van der Waals surface area contributed by atoms with Crippen molar-refractivity contribution in [3.05, 3.63) is 65.6 Å². The first-order valence-corrected chi connectivity index (χ1v) is 11.3. The molecular formula is C27H30N4. The third-order valence-corrected chi connectivity index (χ3v) is 6.30. The first kappa shape index (κ1) is 19.8. The molecule has 0 unspecified atom stereocenters. The van der Waals surface area contributed by atoms with Crippen LogP contribution in [0.2, 0.25) is 0 Å². The zero-order chi connectivity index (χ0) is 21.5. The van der Waals surface area contributed by atoms with Crippen molar-refractivity contribution in [1.29, 1.82) is 0 Å². The highest BCUT2D eigenvalue weighted by atomic mass is 15.2. The Kier molecular flexibility index (Phi) is 5.01. The van der Waals surface area contributed by atoms with E-state index >= 15 is 0 Å². The molecule has 4 aromatic rings. The van der Waals surface area contributed by atoms with E-state index in [0.717, 1.165) is 35.9 Å².